The van der Waals surface area contributed by atoms with Crippen molar-refractivity contribution in [2.45, 2.75) is 12.6 Å². The van der Waals surface area contributed by atoms with E-state index in [0.717, 1.165) is 17.0 Å². The number of halogens is 3. The molecule has 2 aromatic carbocycles. The fourth-order valence-corrected chi connectivity index (χ4v) is 4.84. The summed E-state index contributed by atoms with van der Waals surface area (Å²) >= 11 is 1.55. The quantitative estimate of drug-likeness (QED) is 0.486. The van der Waals surface area contributed by atoms with Crippen LogP contribution in [-0.4, -0.2) is 54.8 Å². The summed E-state index contributed by atoms with van der Waals surface area (Å²) < 4.78 is 51.4. The number of carbonyl (C=O) groups excluding carboxylic acids is 1. The number of amidine groups is 1. The highest BCUT2D eigenvalue weighted by Crippen LogP contribution is 2.42. The van der Waals surface area contributed by atoms with Crippen LogP contribution >= 0.6 is 11.3 Å². The Morgan fingerprint density at radius 3 is 2.57 bits per heavy atom. The fraction of sp³-hybridized carbons (Fsp3) is 0.280. The molecule has 0 unspecified atom stereocenters. The summed E-state index contributed by atoms with van der Waals surface area (Å²) in [5, 5.41) is 1.95. The van der Waals surface area contributed by atoms with Gasteiger partial charge < -0.3 is 19.3 Å². The largest absolute Gasteiger partial charge is 0.497 e. The normalized spacial score (nSPS) is 15.5. The molecule has 35 heavy (non-hydrogen) atoms. The summed E-state index contributed by atoms with van der Waals surface area (Å²) in [4.78, 5) is 22.2. The van der Waals surface area contributed by atoms with Crippen molar-refractivity contribution in [3.63, 3.8) is 0 Å². The maximum Gasteiger partial charge on any atom is 0.416 e. The summed E-state index contributed by atoms with van der Waals surface area (Å²) in [6.07, 6.45) is -4.13. The van der Waals surface area contributed by atoms with E-state index in [1.165, 1.54) is 13.2 Å². The fourth-order valence-electron chi connectivity index (χ4n) is 4.14. The van der Waals surface area contributed by atoms with Crippen molar-refractivity contribution in [3.05, 3.63) is 69.9 Å². The summed E-state index contributed by atoms with van der Waals surface area (Å²) in [5.74, 6) is 1.79. The zero-order valence-electron chi connectivity index (χ0n) is 18.8. The van der Waals surface area contributed by atoms with Gasteiger partial charge in [-0.2, -0.15) is 13.2 Å². The van der Waals surface area contributed by atoms with Crippen LogP contribution in [-0.2, 0) is 17.4 Å². The molecule has 3 aromatic rings. The van der Waals surface area contributed by atoms with E-state index in [1.807, 2.05) is 27.3 Å². The Labute approximate surface area is 204 Å². The lowest BCUT2D eigenvalue weighted by atomic mass is 10.1. The number of hydrogen-bond donors (Lipinski definition) is 0. The van der Waals surface area contributed by atoms with Gasteiger partial charge in [-0.25, -0.2) is 4.99 Å². The van der Waals surface area contributed by atoms with Crippen LogP contribution in [0.4, 0.5) is 18.9 Å². The number of alkyl halides is 3. The van der Waals surface area contributed by atoms with E-state index in [9.17, 15) is 18.0 Å². The van der Waals surface area contributed by atoms with Crippen LogP contribution in [0.2, 0.25) is 0 Å². The van der Waals surface area contributed by atoms with Crippen LogP contribution < -0.4 is 9.47 Å². The lowest BCUT2D eigenvalue weighted by Gasteiger charge is -2.36. The zero-order chi connectivity index (χ0) is 24.6. The van der Waals surface area contributed by atoms with Gasteiger partial charge in [0.05, 0.1) is 24.7 Å². The third-order valence-corrected chi connectivity index (χ3v) is 6.88. The lowest BCUT2D eigenvalue weighted by Crippen LogP contribution is -2.51. The molecule has 6 nitrogen and oxygen atoms in total. The van der Waals surface area contributed by atoms with E-state index < -0.39 is 11.7 Å². The molecule has 0 atom stereocenters. The second-order valence-electron chi connectivity index (χ2n) is 8.20. The van der Waals surface area contributed by atoms with Gasteiger partial charge in [-0.3, -0.25) is 4.79 Å². The maximum atomic E-state index is 13.4. The van der Waals surface area contributed by atoms with E-state index in [2.05, 4.69) is 4.99 Å². The standard InChI is InChI=1S/C25H22F3N3O3S/c1-33-17-5-6-19-22(14-17)34-21-7-4-16(25(26,27)28)13-20(21)29-24(19)31-10-8-30(9-11-31)23(32)15-18-3-2-12-35-18/h2-7,12-14H,8-11,15H2,1H3. The van der Waals surface area contributed by atoms with Crippen LogP contribution in [0.5, 0.6) is 17.2 Å². The Bertz CT molecular complexity index is 1270. The molecule has 1 saturated heterocycles. The minimum atomic E-state index is -4.50. The van der Waals surface area contributed by atoms with Gasteiger partial charge in [-0.15, -0.1) is 11.3 Å². The predicted octanol–water partition coefficient (Wildman–Crippen LogP) is 5.35. The SMILES string of the molecule is COc1ccc2c(c1)Oc1ccc(C(F)(F)F)cc1N=C2N1CCN(C(=O)Cc2cccs2)CC1. The van der Waals surface area contributed by atoms with Gasteiger partial charge in [0, 0.05) is 37.1 Å². The molecule has 1 fully saturated rings. The van der Waals surface area contributed by atoms with Gasteiger partial charge in [0.1, 0.15) is 23.0 Å². The minimum Gasteiger partial charge on any atom is -0.497 e. The van der Waals surface area contributed by atoms with Gasteiger partial charge in [0.2, 0.25) is 5.91 Å². The summed E-state index contributed by atoms with van der Waals surface area (Å²) in [5.41, 5.74) is -0.0504. The first kappa shape index (κ1) is 23.2. The van der Waals surface area contributed by atoms with Crippen molar-refractivity contribution in [2.24, 2.45) is 4.99 Å². The number of rotatable bonds is 3. The molecular weight excluding hydrogens is 479 g/mol. The van der Waals surface area contributed by atoms with E-state index in [1.54, 1.807) is 29.5 Å². The first-order chi connectivity index (χ1) is 16.8. The van der Waals surface area contributed by atoms with Gasteiger partial charge in [-0.1, -0.05) is 6.07 Å². The van der Waals surface area contributed by atoms with Crippen molar-refractivity contribution in [1.29, 1.82) is 0 Å². The van der Waals surface area contributed by atoms with Crippen molar-refractivity contribution in [2.75, 3.05) is 33.3 Å². The number of benzene rings is 2. The highest BCUT2D eigenvalue weighted by atomic mass is 32.1. The van der Waals surface area contributed by atoms with E-state index in [0.29, 0.717) is 55.5 Å². The van der Waals surface area contributed by atoms with Gasteiger partial charge in [-0.05, 0) is 41.8 Å². The molecule has 1 amide bonds. The van der Waals surface area contributed by atoms with Crippen molar-refractivity contribution in [1.82, 2.24) is 9.80 Å². The molecule has 1 aromatic heterocycles. The number of ether oxygens (including phenoxy) is 2. The molecule has 2 aliphatic heterocycles. The van der Waals surface area contributed by atoms with Gasteiger partial charge >= 0.3 is 6.18 Å². The number of amides is 1. The Balaban J connectivity index is 1.45. The van der Waals surface area contributed by atoms with Gasteiger partial charge in [0.25, 0.3) is 0 Å². The molecule has 5 rings (SSSR count). The Morgan fingerprint density at radius 2 is 1.89 bits per heavy atom. The van der Waals surface area contributed by atoms with E-state index in [4.69, 9.17) is 9.47 Å². The third kappa shape index (κ3) is 4.84. The van der Waals surface area contributed by atoms with E-state index in [-0.39, 0.29) is 17.3 Å². The first-order valence-corrected chi connectivity index (χ1v) is 11.9. The van der Waals surface area contributed by atoms with E-state index >= 15 is 0 Å². The maximum absolute atomic E-state index is 13.4. The van der Waals surface area contributed by atoms with Crippen molar-refractivity contribution in [3.8, 4) is 17.2 Å². The summed E-state index contributed by atoms with van der Waals surface area (Å²) in [7, 11) is 1.53. The molecule has 0 bridgehead atoms. The summed E-state index contributed by atoms with van der Waals surface area (Å²) in [6.45, 7) is 1.97. The average Bonchev–Trinajstić information content (AvgIpc) is 3.30. The van der Waals surface area contributed by atoms with Crippen molar-refractivity contribution < 1.29 is 27.4 Å². The molecule has 3 heterocycles. The van der Waals surface area contributed by atoms with Crippen LogP contribution in [0.15, 0.2) is 58.9 Å². The molecule has 0 spiro atoms. The van der Waals surface area contributed by atoms with Crippen LogP contribution in [0, 0.1) is 0 Å². The molecule has 182 valence electrons. The Kier molecular flexibility index (Phi) is 6.14. The van der Waals surface area contributed by atoms with Crippen molar-refractivity contribution >= 4 is 28.8 Å². The number of carbonyl (C=O) groups is 1. The molecule has 0 saturated carbocycles. The molecule has 10 heteroatoms. The molecule has 2 aliphatic rings. The van der Waals surface area contributed by atoms with Gasteiger partial charge in [0.15, 0.2) is 5.75 Å². The highest BCUT2D eigenvalue weighted by Gasteiger charge is 2.33. The number of methoxy groups -OCH3 is 1. The number of nitrogens with zero attached hydrogens (tertiary/aromatic N) is 3. The monoisotopic (exact) mass is 501 g/mol. The molecule has 0 aliphatic carbocycles. The first-order valence-electron chi connectivity index (χ1n) is 11.0. The van der Waals surface area contributed by atoms with Crippen LogP contribution in [0.25, 0.3) is 0 Å². The van der Waals surface area contributed by atoms with Crippen LogP contribution in [0.3, 0.4) is 0 Å². The third-order valence-electron chi connectivity index (χ3n) is 6.00. The Hall–Kier alpha value is -3.53. The summed E-state index contributed by atoms with van der Waals surface area (Å²) in [6, 6.07) is 12.4. The smallest absolute Gasteiger partial charge is 0.416 e. The number of aliphatic imine (C=N–C) groups is 1. The highest BCUT2D eigenvalue weighted by molar-refractivity contribution is 7.10. The second-order valence-corrected chi connectivity index (χ2v) is 9.24. The number of thiophene rings is 1. The number of piperazine rings is 1. The minimum absolute atomic E-state index is 0.0588. The molecular formula is C25H22F3N3O3S. The predicted molar refractivity (Wildman–Crippen MR) is 127 cm³/mol. The molecule has 0 N–H and O–H groups in total. The topological polar surface area (TPSA) is 54.4 Å². The number of hydrogen-bond acceptors (Lipinski definition) is 6. The lowest BCUT2D eigenvalue weighted by molar-refractivity contribution is -0.137. The Morgan fingerprint density at radius 1 is 1.09 bits per heavy atom. The second kappa shape index (κ2) is 9.26. The zero-order valence-corrected chi connectivity index (χ0v) is 19.7. The average molecular weight is 502 g/mol. The van der Waals surface area contributed by atoms with Crippen LogP contribution in [0.1, 0.15) is 16.0 Å². The molecule has 0 radical (unpaired) electrons. The number of fused-ring (bicyclic) bond motifs is 2.